The molecule has 0 bridgehead atoms. The van der Waals surface area contributed by atoms with E-state index < -0.39 is 12.0 Å². The van der Waals surface area contributed by atoms with Crippen LogP contribution >= 0.6 is 35.6 Å². The molecule has 26 heavy (non-hydrogen) atoms. The summed E-state index contributed by atoms with van der Waals surface area (Å²) in [6, 6.07) is 4.34. The van der Waals surface area contributed by atoms with Gasteiger partial charge in [-0.2, -0.15) is 0 Å². The molecule has 0 spiro atoms. The fourth-order valence-corrected chi connectivity index (χ4v) is 3.78. The summed E-state index contributed by atoms with van der Waals surface area (Å²) in [5.41, 5.74) is 6.78. The Morgan fingerprint density at radius 1 is 1.27 bits per heavy atom. The van der Waals surface area contributed by atoms with E-state index in [4.69, 9.17) is 33.7 Å². The maximum Gasteiger partial charge on any atom is 0.328 e. The van der Waals surface area contributed by atoms with E-state index in [1.807, 2.05) is 0 Å². The summed E-state index contributed by atoms with van der Waals surface area (Å²) in [6.07, 6.45) is 3.53. The molecule has 1 saturated carbocycles. The summed E-state index contributed by atoms with van der Waals surface area (Å²) in [7, 11) is 0. The van der Waals surface area contributed by atoms with E-state index in [2.05, 4.69) is 5.32 Å². The van der Waals surface area contributed by atoms with Gasteiger partial charge in [-0.05, 0) is 49.4 Å². The predicted octanol–water partition coefficient (Wildman–Crippen LogP) is 3.52. The van der Waals surface area contributed by atoms with E-state index >= 15 is 0 Å². The van der Waals surface area contributed by atoms with Crippen molar-refractivity contribution in [3.8, 4) is 0 Å². The van der Waals surface area contributed by atoms with Crippen LogP contribution in [0.2, 0.25) is 10.0 Å². The van der Waals surface area contributed by atoms with Crippen molar-refractivity contribution < 1.29 is 14.3 Å². The normalized spacial score (nSPS) is 20.2. The minimum absolute atomic E-state index is 0. The summed E-state index contributed by atoms with van der Waals surface area (Å²) in [4.78, 5) is 24.6. The van der Waals surface area contributed by atoms with Gasteiger partial charge >= 0.3 is 5.97 Å². The van der Waals surface area contributed by atoms with Gasteiger partial charge in [-0.1, -0.05) is 29.6 Å². The average Bonchev–Trinajstić information content (AvgIpc) is 2.91. The van der Waals surface area contributed by atoms with Crippen molar-refractivity contribution >= 4 is 47.5 Å². The largest absolute Gasteiger partial charge is 0.464 e. The van der Waals surface area contributed by atoms with E-state index in [0.717, 1.165) is 24.8 Å². The number of hydrogen-bond acceptors (Lipinski definition) is 4. The lowest BCUT2D eigenvalue weighted by Gasteiger charge is -2.20. The standard InChI is InChI=1S/C18H24Cl2N2O3.ClH/c1-2-25-18(24)16(8-11-6-13(19)10-14(20)7-11)22-17(23)9-12-4-3-5-15(12)21;/h6-7,10,12,15-16H,2-5,8-9,21H2,1H3,(H,22,23);1H/t12-,15+,16?;/m0./s1. The molecular formula is C18H25Cl3N2O3. The zero-order valence-electron chi connectivity index (χ0n) is 14.7. The summed E-state index contributed by atoms with van der Waals surface area (Å²) >= 11 is 12.0. The molecule has 1 amide bonds. The summed E-state index contributed by atoms with van der Waals surface area (Å²) < 4.78 is 5.08. The molecule has 0 aliphatic heterocycles. The quantitative estimate of drug-likeness (QED) is 0.657. The first-order valence-corrected chi connectivity index (χ1v) is 9.31. The number of ether oxygens (including phenoxy) is 1. The molecule has 0 radical (unpaired) electrons. The van der Waals surface area contributed by atoms with Crippen LogP contribution in [0.1, 0.15) is 38.2 Å². The number of hydrogen-bond donors (Lipinski definition) is 2. The first-order chi connectivity index (χ1) is 11.9. The van der Waals surface area contributed by atoms with Gasteiger partial charge in [0.25, 0.3) is 0 Å². The number of carbonyl (C=O) groups is 2. The number of benzene rings is 1. The van der Waals surface area contributed by atoms with Crippen molar-refractivity contribution in [2.75, 3.05) is 6.61 Å². The number of rotatable bonds is 7. The van der Waals surface area contributed by atoms with Gasteiger partial charge in [-0.15, -0.1) is 12.4 Å². The molecular weight excluding hydrogens is 399 g/mol. The topological polar surface area (TPSA) is 81.4 Å². The Bertz CT molecular complexity index is 607. The molecule has 1 unspecified atom stereocenters. The van der Waals surface area contributed by atoms with Crippen molar-refractivity contribution in [1.82, 2.24) is 5.32 Å². The fraction of sp³-hybridized carbons (Fsp3) is 0.556. The van der Waals surface area contributed by atoms with Crippen LogP contribution in [0.5, 0.6) is 0 Å². The Morgan fingerprint density at radius 3 is 2.46 bits per heavy atom. The summed E-state index contributed by atoms with van der Waals surface area (Å²) in [5.74, 6) is -0.486. The van der Waals surface area contributed by atoms with Crippen LogP contribution in [0, 0.1) is 5.92 Å². The molecule has 2 rings (SSSR count). The van der Waals surface area contributed by atoms with Gasteiger partial charge in [0.1, 0.15) is 6.04 Å². The summed E-state index contributed by atoms with van der Waals surface area (Å²) in [5, 5.41) is 3.74. The Balaban J connectivity index is 0.00000338. The molecule has 3 atom stereocenters. The van der Waals surface area contributed by atoms with Crippen LogP contribution < -0.4 is 11.1 Å². The molecule has 0 heterocycles. The van der Waals surface area contributed by atoms with Gasteiger partial charge in [-0.25, -0.2) is 4.79 Å². The number of nitrogens with two attached hydrogens (primary N) is 1. The Labute approximate surface area is 170 Å². The number of halogens is 3. The summed E-state index contributed by atoms with van der Waals surface area (Å²) in [6.45, 7) is 1.97. The fourth-order valence-electron chi connectivity index (χ4n) is 3.21. The molecule has 3 N–H and O–H groups in total. The molecule has 0 saturated heterocycles. The van der Waals surface area contributed by atoms with Gasteiger partial charge in [0.2, 0.25) is 5.91 Å². The van der Waals surface area contributed by atoms with Crippen LogP contribution in [0.25, 0.3) is 0 Å². The van der Waals surface area contributed by atoms with Gasteiger partial charge in [0.15, 0.2) is 0 Å². The second-order valence-corrected chi connectivity index (χ2v) is 7.29. The zero-order valence-corrected chi connectivity index (χ0v) is 17.0. The van der Waals surface area contributed by atoms with Crippen LogP contribution in [0.3, 0.4) is 0 Å². The smallest absolute Gasteiger partial charge is 0.328 e. The van der Waals surface area contributed by atoms with Gasteiger partial charge in [0, 0.05) is 28.9 Å². The van der Waals surface area contributed by atoms with Crippen LogP contribution in [-0.4, -0.2) is 30.6 Å². The van der Waals surface area contributed by atoms with E-state index in [9.17, 15) is 9.59 Å². The third-order valence-electron chi connectivity index (χ3n) is 4.43. The van der Waals surface area contributed by atoms with Crippen LogP contribution in [0.4, 0.5) is 0 Å². The first kappa shape index (κ1) is 23.0. The van der Waals surface area contributed by atoms with Gasteiger partial charge in [-0.3, -0.25) is 4.79 Å². The molecule has 0 aromatic heterocycles. The molecule has 1 aliphatic rings. The van der Waals surface area contributed by atoms with Gasteiger partial charge in [0.05, 0.1) is 6.61 Å². The number of esters is 1. The lowest BCUT2D eigenvalue weighted by Crippen LogP contribution is -2.44. The van der Waals surface area contributed by atoms with Crippen molar-refractivity contribution in [1.29, 1.82) is 0 Å². The number of carbonyl (C=O) groups excluding carboxylic acids is 2. The van der Waals surface area contributed by atoms with Crippen LogP contribution in [-0.2, 0) is 20.7 Å². The Kier molecular flexibility index (Phi) is 9.72. The van der Waals surface area contributed by atoms with Crippen molar-refractivity contribution in [3.05, 3.63) is 33.8 Å². The Hall–Kier alpha value is -1.01. The maximum atomic E-state index is 12.4. The van der Waals surface area contributed by atoms with E-state index in [0.29, 0.717) is 16.5 Å². The molecule has 8 heteroatoms. The molecule has 1 aromatic rings. The van der Waals surface area contributed by atoms with Crippen molar-refractivity contribution in [2.45, 2.75) is 51.1 Å². The van der Waals surface area contributed by atoms with E-state index in [1.165, 1.54) is 0 Å². The second-order valence-electron chi connectivity index (χ2n) is 6.41. The molecule has 1 aromatic carbocycles. The minimum Gasteiger partial charge on any atom is -0.464 e. The lowest BCUT2D eigenvalue weighted by atomic mass is 9.99. The molecule has 5 nitrogen and oxygen atoms in total. The lowest BCUT2D eigenvalue weighted by molar-refractivity contribution is -0.147. The zero-order chi connectivity index (χ0) is 18.4. The Morgan fingerprint density at radius 2 is 1.92 bits per heavy atom. The highest BCUT2D eigenvalue weighted by Crippen LogP contribution is 2.27. The van der Waals surface area contributed by atoms with Crippen molar-refractivity contribution in [2.24, 2.45) is 11.7 Å². The van der Waals surface area contributed by atoms with Crippen LogP contribution in [0.15, 0.2) is 18.2 Å². The maximum absolute atomic E-state index is 12.4. The predicted molar refractivity (Wildman–Crippen MR) is 106 cm³/mol. The first-order valence-electron chi connectivity index (χ1n) is 8.55. The third kappa shape index (κ3) is 6.95. The highest BCUT2D eigenvalue weighted by Gasteiger charge is 2.28. The average molecular weight is 424 g/mol. The molecule has 146 valence electrons. The highest BCUT2D eigenvalue weighted by molar-refractivity contribution is 6.34. The SMILES string of the molecule is CCOC(=O)C(Cc1cc(Cl)cc(Cl)c1)NC(=O)C[C@@H]1CCC[C@H]1N.Cl. The number of nitrogens with one attached hydrogen (secondary N) is 1. The monoisotopic (exact) mass is 422 g/mol. The highest BCUT2D eigenvalue weighted by atomic mass is 35.5. The van der Waals surface area contributed by atoms with Gasteiger partial charge < -0.3 is 15.8 Å². The van der Waals surface area contributed by atoms with Crippen molar-refractivity contribution in [3.63, 3.8) is 0 Å². The minimum atomic E-state index is -0.778. The molecule has 1 aliphatic carbocycles. The molecule has 1 fully saturated rings. The third-order valence-corrected chi connectivity index (χ3v) is 4.87. The second kappa shape index (κ2) is 11.0. The number of amides is 1. The van der Waals surface area contributed by atoms with E-state index in [1.54, 1.807) is 25.1 Å². The van der Waals surface area contributed by atoms with E-state index in [-0.39, 0.29) is 43.3 Å².